The third kappa shape index (κ3) is 7.99. The highest BCUT2D eigenvalue weighted by molar-refractivity contribution is 5.97. The summed E-state index contributed by atoms with van der Waals surface area (Å²) in [6, 6.07) is 10.3. The second-order valence-corrected chi connectivity index (χ2v) is 11.2. The van der Waals surface area contributed by atoms with Crippen molar-refractivity contribution in [1.82, 2.24) is 40.2 Å². The predicted octanol–water partition coefficient (Wildman–Crippen LogP) is 1.75. The Balaban J connectivity index is 1.51. The Morgan fingerprint density at radius 3 is 2.02 bits per heavy atom. The van der Waals surface area contributed by atoms with Crippen LogP contribution in [0.15, 0.2) is 54.9 Å². The number of carbonyl (C=O) groups is 3. The van der Waals surface area contributed by atoms with Crippen LogP contribution in [0.25, 0.3) is 22.5 Å². The molecule has 3 heterocycles. The summed E-state index contributed by atoms with van der Waals surface area (Å²) in [7, 11) is 2.63. The predicted molar refractivity (Wildman–Crippen MR) is 170 cm³/mol. The highest BCUT2D eigenvalue weighted by atomic mass is 16.5. The van der Waals surface area contributed by atoms with E-state index >= 15 is 0 Å². The molecule has 1 fully saturated rings. The van der Waals surface area contributed by atoms with Gasteiger partial charge in [0, 0.05) is 49.3 Å². The van der Waals surface area contributed by atoms with Gasteiger partial charge in [-0.2, -0.15) is 0 Å². The summed E-state index contributed by atoms with van der Waals surface area (Å²) in [5.41, 5.74) is 8.88. The van der Waals surface area contributed by atoms with Crippen LogP contribution in [0.3, 0.4) is 0 Å². The molecule has 4 aromatic rings. The van der Waals surface area contributed by atoms with Gasteiger partial charge in [0.2, 0.25) is 0 Å². The highest BCUT2D eigenvalue weighted by Crippen LogP contribution is 2.29. The van der Waals surface area contributed by atoms with Crippen molar-refractivity contribution in [2.75, 3.05) is 46.9 Å². The number of benzene rings is 2. The van der Waals surface area contributed by atoms with Gasteiger partial charge in [-0.3, -0.25) is 4.79 Å². The molecule has 0 unspecified atom stereocenters. The number of methoxy groups -OCH3 is 2. The van der Waals surface area contributed by atoms with Crippen molar-refractivity contribution in [3.8, 4) is 28.3 Å². The van der Waals surface area contributed by atoms with Crippen LogP contribution in [0, 0.1) is 0 Å². The lowest BCUT2D eigenvalue weighted by atomic mass is 10.0. The fraction of sp³-hybridized carbons (Fsp3) is 0.406. The van der Waals surface area contributed by atoms with Crippen molar-refractivity contribution in [2.24, 2.45) is 5.73 Å². The number of hydrogen-bond donors (Lipinski definition) is 3. The van der Waals surface area contributed by atoms with Gasteiger partial charge in [0.05, 0.1) is 26.6 Å². The SMILES string of the molecule is COC(=O)[C@H](CCCCN)n1cc(-c2cc(C(=O)N3CCNCC3)cc(-c3cn([C@@H](Cc4ccc(O)cc4)C(=O)OC)nn3)c2)nn1. The molecule has 4 N–H and O–H groups in total. The normalized spacial score (nSPS) is 14.4. The topological polar surface area (TPSA) is 193 Å². The summed E-state index contributed by atoms with van der Waals surface area (Å²) >= 11 is 0. The number of amides is 1. The first-order valence-electron chi connectivity index (χ1n) is 15.4. The summed E-state index contributed by atoms with van der Waals surface area (Å²) in [5, 5.41) is 30.1. The molecule has 0 bridgehead atoms. The van der Waals surface area contributed by atoms with Gasteiger partial charge in [-0.1, -0.05) is 22.6 Å². The van der Waals surface area contributed by atoms with Gasteiger partial charge in [-0.25, -0.2) is 19.0 Å². The molecule has 15 heteroatoms. The molecule has 0 aliphatic carbocycles. The van der Waals surface area contributed by atoms with Gasteiger partial charge in [0.1, 0.15) is 17.1 Å². The minimum Gasteiger partial charge on any atom is -0.508 e. The zero-order valence-corrected chi connectivity index (χ0v) is 26.4. The second kappa shape index (κ2) is 15.4. The Morgan fingerprint density at radius 2 is 1.45 bits per heavy atom. The van der Waals surface area contributed by atoms with Gasteiger partial charge < -0.3 is 30.5 Å². The molecule has 1 aliphatic heterocycles. The van der Waals surface area contributed by atoms with E-state index in [1.54, 1.807) is 53.7 Å². The smallest absolute Gasteiger partial charge is 0.331 e. The van der Waals surface area contributed by atoms with Crippen LogP contribution in [0.2, 0.25) is 0 Å². The van der Waals surface area contributed by atoms with E-state index in [2.05, 4.69) is 25.9 Å². The lowest BCUT2D eigenvalue weighted by Gasteiger charge is -2.27. The Morgan fingerprint density at radius 1 is 0.872 bits per heavy atom. The number of nitrogens with zero attached hydrogens (tertiary/aromatic N) is 7. The Bertz CT molecular complexity index is 1680. The summed E-state index contributed by atoms with van der Waals surface area (Å²) < 4.78 is 13.0. The first kappa shape index (κ1) is 33.2. The molecule has 2 aromatic heterocycles. The van der Waals surface area contributed by atoms with Crippen LogP contribution in [0.5, 0.6) is 5.75 Å². The number of aromatic hydroxyl groups is 1. The molecule has 248 valence electrons. The lowest BCUT2D eigenvalue weighted by Crippen LogP contribution is -2.46. The summed E-state index contributed by atoms with van der Waals surface area (Å²) in [5.74, 6) is -0.986. The molecular formula is C32H39N9O6. The number of esters is 2. The number of phenols is 1. The molecule has 0 radical (unpaired) electrons. The zero-order chi connectivity index (χ0) is 33.3. The molecule has 0 spiro atoms. The van der Waals surface area contributed by atoms with Gasteiger partial charge in [0.15, 0.2) is 12.1 Å². The summed E-state index contributed by atoms with van der Waals surface area (Å²) in [6.07, 6.45) is 5.47. The van der Waals surface area contributed by atoms with E-state index in [1.807, 2.05) is 6.07 Å². The van der Waals surface area contributed by atoms with Crippen LogP contribution in [0.1, 0.15) is 47.3 Å². The third-order valence-corrected chi connectivity index (χ3v) is 8.08. The number of aromatic nitrogens is 6. The molecule has 47 heavy (non-hydrogen) atoms. The second-order valence-electron chi connectivity index (χ2n) is 11.2. The number of phenolic OH excluding ortho intramolecular Hbond substituents is 1. The maximum atomic E-state index is 13.7. The first-order valence-corrected chi connectivity index (χ1v) is 15.4. The third-order valence-electron chi connectivity index (χ3n) is 8.08. The standard InChI is InChI=1S/C32H39N9O6/c1-46-31(44)28(5-3-4-10-33)40-19-26(35-37-40)22-16-23(18-24(17-22)30(43)39-13-11-34-12-14-39)27-20-41(38-36-27)29(32(45)47-2)15-21-6-8-25(42)9-7-21/h6-9,16-20,28-29,34,42H,3-5,10-15,33H2,1-2H3/t28-,29-/m0/s1. The van der Waals surface area contributed by atoms with E-state index in [4.69, 9.17) is 15.2 Å². The van der Waals surface area contributed by atoms with E-state index in [9.17, 15) is 19.5 Å². The van der Waals surface area contributed by atoms with Crippen molar-refractivity contribution in [3.05, 3.63) is 66.0 Å². The van der Waals surface area contributed by atoms with Gasteiger partial charge in [0.25, 0.3) is 5.91 Å². The van der Waals surface area contributed by atoms with E-state index in [-0.39, 0.29) is 18.1 Å². The Hall–Kier alpha value is -5.15. The van der Waals surface area contributed by atoms with Crippen molar-refractivity contribution in [2.45, 2.75) is 37.8 Å². The Labute approximate surface area is 271 Å². The van der Waals surface area contributed by atoms with Crippen LogP contribution in [-0.2, 0) is 25.5 Å². The van der Waals surface area contributed by atoms with Crippen LogP contribution in [-0.4, -0.2) is 105 Å². The molecule has 1 saturated heterocycles. The molecule has 5 rings (SSSR count). The molecule has 1 aliphatic rings. The number of rotatable bonds is 13. The number of hydrogen-bond acceptors (Lipinski definition) is 12. The molecule has 2 atom stereocenters. The van der Waals surface area contributed by atoms with E-state index in [0.717, 1.165) is 12.0 Å². The van der Waals surface area contributed by atoms with Gasteiger partial charge in [-0.05, 0) is 61.7 Å². The Kier molecular flexibility index (Phi) is 10.9. The number of nitrogens with one attached hydrogen (secondary N) is 1. The molecule has 0 saturated carbocycles. The lowest BCUT2D eigenvalue weighted by molar-refractivity contribution is -0.146. The molecule has 15 nitrogen and oxygen atoms in total. The summed E-state index contributed by atoms with van der Waals surface area (Å²) in [4.78, 5) is 40.9. The number of piperazine rings is 1. The largest absolute Gasteiger partial charge is 0.508 e. The van der Waals surface area contributed by atoms with E-state index in [0.29, 0.717) is 73.6 Å². The van der Waals surface area contributed by atoms with Crippen molar-refractivity contribution in [1.29, 1.82) is 0 Å². The quantitative estimate of drug-likeness (QED) is 0.141. The first-order chi connectivity index (χ1) is 22.8. The van der Waals surface area contributed by atoms with Gasteiger partial charge >= 0.3 is 11.9 Å². The van der Waals surface area contributed by atoms with Crippen molar-refractivity contribution >= 4 is 17.8 Å². The maximum absolute atomic E-state index is 13.7. The molecule has 1 amide bonds. The minimum atomic E-state index is -0.828. The van der Waals surface area contributed by atoms with E-state index < -0.39 is 24.0 Å². The summed E-state index contributed by atoms with van der Waals surface area (Å²) in [6.45, 7) is 3.01. The maximum Gasteiger partial charge on any atom is 0.331 e. The molecular weight excluding hydrogens is 606 g/mol. The molecule has 2 aromatic carbocycles. The zero-order valence-electron chi connectivity index (χ0n) is 26.4. The van der Waals surface area contributed by atoms with Crippen molar-refractivity contribution in [3.63, 3.8) is 0 Å². The van der Waals surface area contributed by atoms with Crippen molar-refractivity contribution < 1.29 is 29.0 Å². The number of carbonyl (C=O) groups excluding carboxylic acids is 3. The highest BCUT2D eigenvalue weighted by Gasteiger charge is 2.26. The average molecular weight is 646 g/mol. The fourth-order valence-electron chi connectivity index (χ4n) is 5.47. The van der Waals surface area contributed by atoms with E-state index in [1.165, 1.54) is 23.6 Å². The average Bonchev–Trinajstić information content (AvgIpc) is 3.80. The number of unbranched alkanes of at least 4 members (excludes halogenated alkanes) is 1. The van der Waals surface area contributed by atoms with Crippen LogP contribution < -0.4 is 11.1 Å². The minimum absolute atomic E-state index is 0.116. The van der Waals surface area contributed by atoms with Crippen LogP contribution >= 0.6 is 0 Å². The van der Waals surface area contributed by atoms with Gasteiger partial charge in [-0.15, -0.1) is 10.2 Å². The van der Waals surface area contributed by atoms with Crippen LogP contribution in [0.4, 0.5) is 0 Å². The number of ether oxygens (including phenoxy) is 2. The fourth-order valence-corrected chi connectivity index (χ4v) is 5.47. The number of nitrogens with two attached hydrogens (primary N) is 1. The monoisotopic (exact) mass is 645 g/mol.